The van der Waals surface area contributed by atoms with Gasteiger partial charge >= 0.3 is 6.09 Å². The molecule has 5 rings (SSSR count). The lowest BCUT2D eigenvalue weighted by Gasteiger charge is -2.48. The maximum absolute atomic E-state index is 13.2. The Morgan fingerprint density at radius 2 is 1.93 bits per heavy atom. The Balaban J connectivity index is 1.69. The summed E-state index contributed by atoms with van der Waals surface area (Å²) in [5.41, 5.74) is 0.283. The summed E-state index contributed by atoms with van der Waals surface area (Å²) >= 11 is 0. The summed E-state index contributed by atoms with van der Waals surface area (Å²) in [4.78, 5) is 56.6. The van der Waals surface area contributed by atoms with Crippen molar-refractivity contribution in [3.63, 3.8) is 0 Å². The van der Waals surface area contributed by atoms with Gasteiger partial charge in [0.05, 0.1) is 11.8 Å². The summed E-state index contributed by atoms with van der Waals surface area (Å²) in [6.07, 6.45) is 3.02. The lowest BCUT2D eigenvalue weighted by Crippen LogP contribution is -2.63. The zero-order chi connectivity index (χ0) is 19.8. The topological polar surface area (TPSA) is 105 Å². The highest BCUT2D eigenvalue weighted by atomic mass is 16.6. The molecule has 0 aromatic heterocycles. The molecule has 0 bridgehead atoms. The minimum absolute atomic E-state index is 0.211. The van der Waals surface area contributed by atoms with E-state index in [1.54, 1.807) is 6.92 Å². The number of imide groups is 2. The maximum Gasteiger partial charge on any atom is 0.424 e. The Bertz CT molecular complexity index is 886. The van der Waals surface area contributed by atoms with Crippen LogP contribution in [-0.4, -0.2) is 46.7 Å². The summed E-state index contributed by atoms with van der Waals surface area (Å²) in [5, 5.41) is 2.45. The van der Waals surface area contributed by atoms with Crippen molar-refractivity contribution in [3.05, 3.63) is 11.1 Å². The quantitative estimate of drug-likeness (QED) is 0.742. The fraction of sp³-hybridized carbons (Fsp3) is 0.650. The summed E-state index contributed by atoms with van der Waals surface area (Å²) in [6.45, 7) is 4.18. The van der Waals surface area contributed by atoms with E-state index in [0.717, 1.165) is 23.3 Å². The van der Waals surface area contributed by atoms with Crippen molar-refractivity contribution in [2.75, 3.05) is 6.54 Å². The molecule has 4 fully saturated rings. The van der Waals surface area contributed by atoms with Gasteiger partial charge < -0.3 is 4.74 Å². The number of ether oxygens (including phenoxy) is 1. The van der Waals surface area contributed by atoms with E-state index in [-0.39, 0.29) is 23.6 Å². The van der Waals surface area contributed by atoms with Crippen molar-refractivity contribution in [1.82, 2.24) is 10.2 Å². The Hall–Kier alpha value is -2.51. The Morgan fingerprint density at radius 3 is 2.61 bits per heavy atom. The van der Waals surface area contributed by atoms with Gasteiger partial charge in [-0.25, -0.2) is 9.69 Å². The molecule has 148 valence electrons. The molecular weight excluding hydrogens is 362 g/mol. The first-order chi connectivity index (χ1) is 13.4. The van der Waals surface area contributed by atoms with E-state index in [1.165, 1.54) is 0 Å². The number of hydrogen-bond donors (Lipinski definition) is 1. The zero-order valence-electron chi connectivity index (χ0n) is 16.0. The SMILES string of the molecule is CCC1=C2CC[C@H]3C(=O)NC(=O)[C@H]3[C@H]2[C@@]2(C)C(=NCC3CC3)OC(=O)N2C1=O. The molecule has 8 nitrogen and oxygen atoms in total. The monoisotopic (exact) mass is 385 g/mol. The van der Waals surface area contributed by atoms with Gasteiger partial charge in [-0.3, -0.25) is 24.7 Å². The molecule has 8 heteroatoms. The van der Waals surface area contributed by atoms with E-state index >= 15 is 0 Å². The average molecular weight is 385 g/mol. The average Bonchev–Trinajstić information content (AvgIpc) is 3.38. The normalized spacial score (nSPS) is 38.4. The number of nitrogens with zero attached hydrogens (tertiary/aromatic N) is 2. The van der Waals surface area contributed by atoms with Gasteiger partial charge in [0.1, 0.15) is 5.54 Å². The zero-order valence-corrected chi connectivity index (χ0v) is 16.0. The van der Waals surface area contributed by atoms with Gasteiger partial charge in [-0.2, -0.15) is 0 Å². The molecule has 1 N–H and O–H groups in total. The number of amides is 4. The number of aliphatic imine (C=N–C) groups is 1. The number of carbonyl (C=O) groups excluding carboxylic acids is 4. The fourth-order valence-electron chi connectivity index (χ4n) is 5.49. The van der Waals surface area contributed by atoms with Crippen molar-refractivity contribution in [3.8, 4) is 0 Å². The molecule has 2 saturated heterocycles. The minimum atomic E-state index is -1.16. The predicted molar refractivity (Wildman–Crippen MR) is 96.9 cm³/mol. The van der Waals surface area contributed by atoms with Crippen LogP contribution in [0.4, 0.5) is 4.79 Å². The van der Waals surface area contributed by atoms with E-state index in [4.69, 9.17) is 4.74 Å². The number of fused-ring (bicyclic) bond motifs is 5. The van der Waals surface area contributed by atoms with Crippen molar-refractivity contribution >= 4 is 29.7 Å². The first kappa shape index (κ1) is 17.6. The van der Waals surface area contributed by atoms with E-state index in [0.29, 0.717) is 37.3 Å². The number of carbonyl (C=O) groups is 4. The summed E-state index contributed by atoms with van der Waals surface area (Å²) in [7, 11) is 0. The van der Waals surface area contributed by atoms with Crippen molar-refractivity contribution in [2.24, 2.45) is 28.7 Å². The molecule has 4 atom stereocenters. The van der Waals surface area contributed by atoms with Crippen LogP contribution in [0.3, 0.4) is 0 Å². The third-order valence-electron chi connectivity index (χ3n) is 7.04. The van der Waals surface area contributed by atoms with Crippen LogP contribution in [-0.2, 0) is 19.1 Å². The molecule has 2 saturated carbocycles. The second kappa shape index (κ2) is 5.75. The van der Waals surface area contributed by atoms with Gasteiger partial charge in [0.15, 0.2) is 0 Å². The van der Waals surface area contributed by atoms with E-state index in [1.807, 2.05) is 6.92 Å². The van der Waals surface area contributed by atoms with Crippen LogP contribution < -0.4 is 5.32 Å². The molecule has 0 radical (unpaired) electrons. The fourth-order valence-corrected chi connectivity index (χ4v) is 5.49. The minimum Gasteiger partial charge on any atom is -0.393 e. The second-order valence-electron chi connectivity index (χ2n) is 8.60. The largest absolute Gasteiger partial charge is 0.424 e. The molecule has 5 aliphatic rings. The number of nitrogens with one attached hydrogen (secondary N) is 1. The van der Waals surface area contributed by atoms with Crippen LogP contribution in [0, 0.1) is 23.7 Å². The van der Waals surface area contributed by atoms with Gasteiger partial charge in [-0.05, 0) is 44.9 Å². The van der Waals surface area contributed by atoms with Gasteiger partial charge in [0.2, 0.25) is 17.7 Å². The Morgan fingerprint density at radius 1 is 1.18 bits per heavy atom. The summed E-state index contributed by atoms with van der Waals surface area (Å²) < 4.78 is 5.49. The van der Waals surface area contributed by atoms with Crippen molar-refractivity contribution < 1.29 is 23.9 Å². The molecular formula is C20H23N3O5. The Labute approximate surface area is 162 Å². The smallest absolute Gasteiger partial charge is 0.393 e. The van der Waals surface area contributed by atoms with Crippen LogP contribution >= 0.6 is 0 Å². The number of rotatable bonds is 3. The van der Waals surface area contributed by atoms with E-state index in [9.17, 15) is 19.2 Å². The van der Waals surface area contributed by atoms with E-state index in [2.05, 4.69) is 10.3 Å². The molecule has 0 unspecified atom stereocenters. The van der Waals surface area contributed by atoms with Gasteiger partial charge in [-0.15, -0.1) is 0 Å². The van der Waals surface area contributed by atoms with Crippen molar-refractivity contribution in [1.29, 1.82) is 0 Å². The van der Waals surface area contributed by atoms with E-state index < -0.39 is 29.4 Å². The van der Waals surface area contributed by atoms with Crippen LogP contribution in [0.25, 0.3) is 0 Å². The molecule has 0 aromatic rings. The second-order valence-corrected chi connectivity index (χ2v) is 8.60. The molecule has 3 aliphatic heterocycles. The standard InChI is InChI=1S/C20H23N3O5/c1-3-10-11-6-7-12-13(16(25)22-15(12)24)14(11)20(2)18(21-8-9-4-5-9)28-19(27)23(20)17(10)26/h9,12-14H,3-8H2,1-2H3,(H,22,24,25)/t12-,13-,14+,20+/m1/s1. The van der Waals surface area contributed by atoms with Crippen LogP contribution in [0.5, 0.6) is 0 Å². The first-order valence-corrected chi connectivity index (χ1v) is 10.1. The summed E-state index contributed by atoms with van der Waals surface area (Å²) in [5.74, 6) is -1.78. The molecule has 0 aromatic carbocycles. The third kappa shape index (κ3) is 2.14. The highest BCUT2D eigenvalue weighted by Crippen LogP contribution is 2.54. The number of hydrogen-bond acceptors (Lipinski definition) is 6. The molecule has 4 amide bonds. The van der Waals surface area contributed by atoms with Gasteiger partial charge in [0.25, 0.3) is 5.91 Å². The van der Waals surface area contributed by atoms with Crippen LogP contribution in [0.1, 0.15) is 46.0 Å². The van der Waals surface area contributed by atoms with Gasteiger partial charge in [0, 0.05) is 18.0 Å². The van der Waals surface area contributed by atoms with Gasteiger partial charge in [-0.1, -0.05) is 12.5 Å². The molecule has 3 heterocycles. The van der Waals surface area contributed by atoms with Crippen molar-refractivity contribution in [2.45, 2.75) is 51.5 Å². The molecule has 28 heavy (non-hydrogen) atoms. The molecule has 2 aliphatic carbocycles. The third-order valence-corrected chi connectivity index (χ3v) is 7.04. The first-order valence-electron chi connectivity index (χ1n) is 10.1. The highest BCUT2D eigenvalue weighted by molar-refractivity contribution is 6.16. The lowest BCUT2D eigenvalue weighted by molar-refractivity contribution is -0.133. The number of cyclic esters (lactones) is 1. The summed E-state index contributed by atoms with van der Waals surface area (Å²) in [6, 6.07) is 0. The predicted octanol–water partition coefficient (Wildman–Crippen LogP) is 1.55. The highest BCUT2D eigenvalue weighted by Gasteiger charge is 2.67. The van der Waals surface area contributed by atoms with Crippen LogP contribution in [0.2, 0.25) is 0 Å². The lowest BCUT2D eigenvalue weighted by atomic mass is 9.59. The Kier molecular flexibility index (Phi) is 3.61. The van der Waals surface area contributed by atoms with Crippen LogP contribution in [0.15, 0.2) is 16.1 Å². The maximum atomic E-state index is 13.2. The molecule has 0 spiro atoms.